The fraction of sp³-hybridized carbons (Fsp3) is 0.667. The Labute approximate surface area is 67.9 Å². The van der Waals surface area contributed by atoms with Gasteiger partial charge in [0.05, 0.1) is 0 Å². The third-order valence-corrected chi connectivity index (χ3v) is 1.57. The van der Waals surface area contributed by atoms with Crippen LogP contribution < -0.4 is 0 Å². The summed E-state index contributed by atoms with van der Waals surface area (Å²) in [5, 5.41) is 8.43. The van der Waals surface area contributed by atoms with Crippen LogP contribution in [-0.2, 0) is 4.79 Å². The fourth-order valence-electron chi connectivity index (χ4n) is 0.821. The van der Waals surface area contributed by atoms with Crippen LogP contribution in [0.4, 0.5) is 0 Å². The minimum atomic E-state index is 0.105. The Hall–Kier alpha value is -0.630. The summed E-state index contributed by atoms with van der Waals surface area (Å²) in [6.07, 6.45) is 3.41. The van der Waals surface area contributed by atoms with Gasteiger partial charge < -0.3 is 5.11 Å². The number of aliphatic hydroxyl groups excluding tert-OH is 1. The van der Waals surface area contributed by atoms with Crippen molar-refractivity contribution < 1.29 is 9.90 Å². The topological polar surface area (TPSA) is 37.3 Å². The molecule has 0 heterocycles. The van der Waals surface area contributed by atoms with Crippen molar-refractivity contribution in [3.05, 3.63) is 12.7 Å². The number of aliphatic hydroxyl groups is 1. The van der Waals surface area contributed by atoms with Gasteiger partial charge in [-0.1, -0.05) is 13.0 Å². The van der Waals surface area contributed by atoms with E-state index in [-0.39, 0.29) is 18.3 Å². The van der Waals surface area contributed by atoms with Gasteiger partial charge in [-0.05, 0) is 12.3 Å². The van der Waals surface area contributed by atoms with Crippen molar-refractivity contribution in [1.82, 2.24) is 0 Å². The van der Waals surface area contributed by atoms with Gasteiger partial charge in [0, 0.05) is 19.4 Å². The number of carbonyl (C=O) groups is 1. The zero-order valence-corrected chi connectivity index (χ0v) is 7.05. The Morgan fingerprint density at radius 3 is 2.82 bits per heavy atom. The molecule has 0 aromatic heterocycles. The Morgan fingerprint density at radius 2 is 2.36 bits per heavy atom. The molecule has 0 fully saturated rings. The molecule has 1 unspecified atom stereocenters. The van der Waals surface area contributed by atoms with Gasteiger partial charge in [0.15, 0.2) is 0 Å². The minimum Gasteiger partial charge on any atom is -0.396 e. The number of rotatable bonds is 6. The molecule has 1 atom stereocenters. The lowest BCUT2D eigenvalue weighted by Gasteiger charge is -2.02. The van der Waals surface area contributed by atoms with Gasteiger partial charge in [0.25, 0.3) is 0 Å². The number of ketones is 1. The Balaban J connectivity index is 3.43. The van der Waals surface area contributed by atoms with E-state index in [9.17, 15) is 4.79 Å². The van der Waals surface area contributed by atoms with E-state index >= 15 is 0 Å². The Bertz CT molecular complexity index is 130. The average molecular weight is 156 g/mol. The molecular weight excluding hydrogens is 140 g/mol. The van der Waals surface area contributed by atoms with E-state index in [2.05, 4.69) is 6.58 Å². The lowest BCUT2D eigenvalue weighted by atomic mass is 10.0. The SMILES string of the molecule is C=CC(C)CC(=O)CCCO. The second-order valence-electron chi connectivity index (χ2n) is 2.78. The van der Waals surface area contributed by atoms with Crippen molar-refractivity contribution in [1.29, 1.82) is 0 Å². The lowest BCUT2D eigenvalue weighted by molar-refractivity contribution is -0.119. The van der Waals surface area contributed by atoms with Crippen molar-refractivity contribution in [3.8, 4) is 0 Å². The van der Waals surface area contributed by atoms with Crippen molar-refractivity contribution in [2.75, 3.05) is 6.61 Å². The van der Waals surface area contributed by atoms with Crippen molar-refractivity contribution >= 4 is 5.78 Å². The zero-order valence-electron chi connectivity index (χ0n) is 7.05. The Kier molecular flexibility index (Phi) is 5.75. The predicted molar refractivity (Wildman–Crippen MR) is 45.3 cm³/mol. The van der Waals surface area contributed by atoms with E-state index in [0.717, 1.165) is 0 Å². The second-order valence-corrected chi connectivity index (χ2v) is 2.78. The van der Waals surface area contributed by atoms with Gasteiger partial charge >= 0.3 is 0 Å². The number of hydrogen-bond donors (Lipinski definition) is 1. The number of allylic oxidation sites excluding steroid dienone is 1. The third kappa shape index (κ3) is 5.80. The maximum Gasteiger partial charge on any atom is 0.133 e. The lowest BCUT2D eigenvalue weighted by Crippen LogP contribution is -2.03. The number of carbonyl (C=O) groups excluding carboxylic acids is 1. The fourth-order valence-corrected chi connectivity index (χ4v) is 0.821. The summed E-state index contributed by atoms with van der Waals surface area (Å²) in [6, 6.07) is 0. The molecule has 0 aliphatic rings. The summed E-state index contributed by atoms with van der Waals surface area (Å²) in [7, 11) is 0. The smallest absolute Gasteiger partial charge is 0.133 e. The van der Waals surface area contributed by atoms with Crippen molar-refractivity contribution in [3.63, 3.8) is 0 Å². The molecular formula is C9H16O2. The van der Waals surface area contributed by atoms with E-state index in [4.69, 9.17) is 5.11 Å². The molecule has 0 amide bonds. The highest BCUT2D eigenvalue weighted by Crippen LogP contribution is 2.05. The Morgan fingerprint density at radius 1 is 1.73 bits per heavy atom. The molecule has 0 aromatic rings. The van der Waals surface area contributed by atoms with Crippen LogP contribution in [-0.4, -0.2) is 17.5 Å². The van der Waals surface area contributed by atoms with Crippen LogP contribution in [0, 0.1) is 5.92 Å². The summed E-state index contributed by atoms with van der Waals surface area (Å²) in [4.78, 5) is 11.0. The average Bonchev–Trinajstić information content (AvgIpc) is 2.00. The van der Waals surface area contributed by atoms with Crippen LogP contribution >= 0.6 is 0 Å². The molecule has 0 saturated heterocycles. The van der Waals surface area contributed by atoms with E-state index in [0.29, 0.717) is 19.3 Å². The first-order valence-corrected chi connectivity index (χ1v) is 3.95. The standard InChI is InChI=1S/C9H16O2/c1-3-8(2)7-9(11)5-4-6-10/h3,8,10H,1,4-7H2,2H3. The van der Waals surface area contributed by atoms with Crippen LogP contribution in [0.1, 0.15) is 26.2 Å². The molecule has 0 aromatic carbocycles. The molecule has 64 valence electrons. The summed E-state index contributed by atoms with van der Waals surface area (Å²) in [5.41, 5.74) is 0. The first-order valence-electron chi connectivity index (χ1n) is 3.95. The molecule has 1 N–H and O–H groups in total. The van der Waals surface area contributed by atoms with Crippen LogP contribution in [0.15, 0.2) is 12.7 Å². The first kappa shape index (κ1) is 10.4. The molecule has 0 aliphatic heterocycles. The van der Waals surface area contributed by atoms with E-state index in [1.165, 1.54) is 0 Å². The molecule has 0 aliphatic carbocycles. The molecule has 0 radical (unpaired) electrons. The quantitative estimate of drug-likeness (QED) is 0.592. The second kappa shape index (κ2) is 6.10. The predicted octanol–water partition coefficient (Wildman–Crippen LogP) is 1.54. The normalized spacial score (nSPS) is 12.5. The minimum absolute atomic E-state index is 0.105. The largest absolute Gasteiger partial charge is 0.396 e. The summed E-state index contributed by atoms with van der Waals surface area (Å²) >= 11 is 0. The van der Waals surface area contributed by atoms with E-state index in [1.54, 1.807) is 6.08 Å². The van der Waals surface area contributed by atoms with Gasteiger partial charge in [0.1, 0.15) is 5.78 Å². The van der Waals surface area contributed by atoms with Gasteiger partial charge in [-0.2, -0.15) is 0 Å². The molecule has 0 spiro atoms. The van der Waals surface area contributed by atoms with Crippen LogP contribution in [0.2, 0.25) is 0 Å². The summed E-state index contributed by atoms with van der Waals surface area (Å²) < 4.78 is 0. The highest BCUT2D eigenvalue weighted by molar-refractivity contribution is 5.78. The number of Topliss-reactive ketones (excluding diaryl/α,β-unsaturated/α-hetero) is 1. The molecule has 0 bridgehead atoms. The number of hydrogen-bond acceptors (Lipinski definition) is 2. The molecule has 2 heteroatoms. The third-order valence-electron chi connectivity index (χ3n) is 1.57. The van der Waals surface area contributed by atoms with Gasteiger partial charge in [-0.25, -0.2) is 0 Å². The first-order chi connectivity index (χ1) is 5.20. The molecule has 11 heavy (non-hydrogen) atoms. The van der Waals surface area contributed by atoms with Crippen molar-refractivity contribution in [2.45, 2.75) is 26.2 Å². The maximum atomic E-state index is 11.0. The van der Waals surface area contributed by atoms with E-state index in [1.807, 2.05) is 6.92 Å². The van der Waals surface area contributed by atoms with Gasteiger partial charge in [-0.15, -0.1) is 6.58 Å². The van der Waals surface area contributed by atoms with E-state index < -0.39 is 0 Å². The van der Waals surface area contributed by atoms with Gasteiger partial charge in [-0.3, -0.25) is 4.79 Å². The maximum absolute atomic E-state index is 11.0. The van der Waals surface area contributed by atoms with Crippen LogP contribution in [0.3, 0.4) is 0 Å². The molecule has 2 nitrogen and oxygen atoms in total. The summed E-state index contributed by atoms with van der Waals surface area (Å²) in [5.74, 6) is 0.479. The van der Waals surface area contributed by atoms with Crippen molar-refractivity contribution in [2.24, 2.45) is 5.92 Å². The highest BCUT2D eigenvalue weighted by Gasteiger charge is 2.04. The monoisotopic (exact) mass is 156 g/mol. The summed E-state index contributed by atoms with van der Waals surface area (Å²) in [6.45, 7) is 5.66. The van der Waals surface area contributed by atoms with Crippen LogP contribution in [0.25, 0.3) is 0 Å². The van der Waals surface area contributed by atoms with Gasteiger partial charge in [0.2, 0.25) is 0 Å². The zero-order chi connectivity index (χ0) is 8.69. The molecule has 0 rings (SSSR count). The molecule has 0 saturated carbocycles. The highest BCUT2D eigenvalue weighted by atomic mass is 16.3. The van der Waals surface area contributed by atoms with Crippen LogP contribution in [0.5, 0.6) is 0 Å².